The van der Waals surface area contributed by atoms with Crippen molar-refractivity contribution in [3.05, 3.63) is 58.7 Å². The molecule has 0 saturated carbocycles. The van der Waals surface area contributed by atoms with Gasteiger partial charge in [-0.1, -0.05) is 17.2 Å². The average Bonchev–Trinajstić information content (AvgIpc) is 2.84. The van der Waals surface area contributed by atoms with E-state index in [2.05, 4.69) is 66.5 Å². The zero-order valence-corrected chi connectivity index (χ0v) is 12.7. The molecule has 20 heavy (non-hydrogen) atoms. The Kier molecular flexibility index (Phi) is 3.36. The molecule has 0 bridgehead atoms. The van der Waals surface area contributed by atoms with Gasteiger partial charge in [0.15, 0.2) is 0 Å². The predicted octanol–water partition coefficient (Wildman–Crippen LogP) is 4.80. The Morgan fingerprint density at radius 3 is 2.20 bits per heavy atom. The number of aryl methyl sites for hydroxylation is 3. The Bertz CT molecular complexity index is 739. The van der Waals surface area contributed by atoms with E-state index in [0.717, 1.165) is 17.0 Å². The van der Waals surface area contributed by atoms with E-state index in [9.17, 15) is 0 Å². The quantitative estimate of drug-likeness (QED) is 0.674. The summed E-state index contributed by atoms with van der Waals surface area (Å²) in [6.45, 7) is 6.34. The first-order valence-electron chi connectivity index (χ1n) is 6.58. The zero-order valence-electron chi connectivity index (χ0n) is 11.8. The molecule has 0 N–H and O–H groups in total. The third-order valence-electron chi connectivity index (χ3n) is 3.28. The highest BCUT2D eigenvalue weighted by atomic mass is 32.1. The fraction of sp³-hybridized carbons (Fsp3) is 0.176. The highest BCUT2D eigenvalue weighted by Crippen LogP contribution is 2.29. The lowest BCUT2D eigenvalue weighted by molar-refractivity contribution is 1.17. The third-order valence-corrected chi connectivity index (χ3v) is 4.32. The van der Waals surface area contributed by atoms with Crippen LogP contribution in [0.4, 0.5) is 0 Å². The molecular formula is C17H16N2S. The largest absolute Gasteiger partial charge is 0.236 e. The van der Waals surface area contributed by atoms with Crippen LogP contribution in [-0.2, 0) is 0 Å². The summed E-state index contributed by atoms with van der Waals surface area (Å²) in [7, 11) is 0. The number of hydrogen-bond acceptors (Lipinski definition) is 3. The Morgan fingerprint density at radius 1 is 0.850 bits per heavy atom. The fourth-order valence-electron chi connectivity index (χ4n) is 2.40. The first-order chi connectivity index (χ1) is 9.63. The predicted molar refractivity (Wildman–Crippen MR) is 85.0 cm³/mol. The molecule has 0 atom stereocenters. The van der Waals surface area contributed by atoms with Crippen molar-refractivity contribution in [3.8, 4) is 21.8 Å². The molecule has 3 heteroatoms. The summed E-state index contributed by atoms with van der Waals surface area (Å²) in [6.07, 6.45) is 1.65. The van der Waals surface area contributed by atoms with Crippen molar-refractivity contribution in [3.63, 3.8) is 0 Å². The summed E-state index contributed by atoms with van der Waals surface area (Å²) in [5.74, 6) is 0. The van der Waals surface area contributed by atoms with Gasteiger partial charge in [-0.2, -0.15) is 0 Å². The van der Waals surface area contributed by atoms with E-state index in [1.54, 1.807) is 17.7 Å². The molecule has 2 nitrogen and oxygen atoms in total. The molecule has 0 fully saturated rings. The molecule has 0 radical (unpaired) electrons. The minimum absolute atomic E-state index is 0.981. The van der Waals surface area contributed by atoms with Crippen molar-refractivity contribution in [2.75, 3.05) is 0 Å². The van der Waals surface area contributed by atoms with Gasteiger partial charge in [0.2, 0.25) is 0 Å². The van der Waals surface area contributed by atoms with Crippen molar-refractivity contribution < 1.29 is 0 Å². The summed E-state index contributed by atoms with van der Waals surface area (Å²) < 4.78 is 0. The Hall–Kier alpha value is -2.00. The highest BCUT2D eigenvalue weighted by molar-refractivity contribution is 7.13. The van der Waals surface area contributed by atoms with Crippen molar-refractivity contribution >= 4 is 11.3 Å². The van der Waals surface area contributed by atoms with Crippen LogP contribution in [0.15, 0.2) is 42.0 Å². The van der Waals surface area contributed by atoms with Crippen LogP contribution in [0.25, 0.3) is 21.8 Å². The number of rotatable bonds is 2. The molecule has 1 aromatic carbocycles. The average molecular weight is 280 g/mol. The SMILES string of the molecule is Cc1cc(C)cc(-c2cc(-c3sccc3C)ncn2)c1. The normalized spacial score (nSPS) is 10.8. The summed E-state index contributed by atoms with van der Waals surface area (Å²) in [4.78, 5) is 10.1. The summed E-state index contributed by atoms with van der Waals surface area (Å²) >= 11 is 1.72. The van der Waals surface area contributed by atoms with Crippen LogP contribution in [-0.4, -0.2) is 9.97 Å². The first-order valence-corrected chi connectivity index (χ1v) is 7.46. The van der Waals surface area contributed by atoms with Crippen LogP contribution >= 0.6 is 11.3 Å². The molecule has 2 heterocycles. The maximum absolute atomic E-state index is 4.42. The van der Waals surface area contributed by atoms with E-state index in [4.69, 9.17) is 0 Å². The highest BCUT2D eigenvalue weighted by Gasteiger charge is 2.08. The molecule has 100 valence electrons. The number of benzene rings is 1. The summed E-state index contributed by atoms with van der Waals surface area (Å²) in [6, 6.07) is 10.7. The molecule has 0 unspecified atom stereocenters. The second-order valence-electron chi connectivity index (χ2n) is 5.10. The van der Waals surface area contributed by atoms with Gasteiger partial charge in [-0.3, -0.25) is 0 Å². The lowest BCUT2D eigenvalue weighted by Gasteiger charge is -2.06. The third kappa shape index (κ3) is 2.49. The molecule has 0 spiro atoms. The Balaban J connectivity index is 2.10. The minimum atomic E-state index is 0.981. The van der Waals surface area contributed by atoms with E-state index >= 15 is 0 Å². The van der Waals surface area contributed by atoms with Crippen LogP contribution in [0.5, 0.6) is 0 Å². The van der Waals surface area contributed by atoms with Crippen LogP contribution in [0.1, 0.15) is 16.7 Å². The van der Waals surface area contributed by atoms with Crippen molar-refractivity contribution in [2.24, 2.45) is 0 Å². The molecular weight excluding hydrogens is 264 g/mol. The van der Waals surface area contributed by atoms with Crippen molar-refractivity contribution in [1.82, 2.24) is 9.97 Å². The van der Waals surface area contributed by atoms with Crippen LogP contribution in [0.2, 0.25) is 0 Å². The lowest BCUT2D eigenvalue weighted by atomic mass is 10.0. The van der Waals surface area contributed by atoms with Gasteiger partial charge in [-0.25, -0.2) is 9.97 Å². The maximum atomic E-state index is 4.42. The molecule has 2 aromatic heterocycles. The van der Waals surface area contributed by atoms with Gasteiger partial charge in [0.25, 0.3) is 0 Å². The number of hydrogen-bond donors (Lipinski definition) is 0. The monoisotopic (exact) mass is 280 g/mol. The topological polar surface area (TPSA) is 25.8 Å². The van der Waals surface area contributed by atoms with Gasteiger partial charge in [-0.05, 0) is 56.0 Å². The minimum Gasteiger partial charge on any atom is -0.236 e. The lowest BCUT2D eigenvalue weighted by Crippen LogP contribution is -1.90. The van der Waals surface area contributed by atoms with Crippen LogP contribution < -0.4 is 0 Å². The van der Waals surface area contributed by atoms with Crippen molar-refractivity contribution in [2.45, 2.75) is 20.8 Å². The van der Waals surface area contributed by atoms with Gasteiger partial charge in [0.1, 0.15) is 6.33 Å². The summed E-state index contributed by atoms with van der Waals surface area (Å²) in [5, 5.41) is 2.10. The molecule has 3 rings (SSSR count). The summed E-state index contributed by atoms with van der Waals surface area (Å²) in [5.41, 5.74) is 6.91. The molecule has 0 aliphatic carbocycles. The van der Waals surface area contributed by atoms with Crippen LogP contribution in [0, 0.1) is 20.8 Å². The smallest absolute Gasteiger partial charge is 0.116 e. The van der Waals surface area contributed by atoms with Gasteiger partial charge in [-0.15, -0.1) is 11.3 Å². The van der Waals surface area contributed by atoms with E-state index in [0.29, 0.717) is 0 Å². The van der Waals surface area contributed by atoms with Crippen LogP contribution in [0.3, 0.4) is 0 Å². The molecule has 0 aliphatic rings. The molecule has 0 amide bonds. The standard InChI is InChI=1S/C17H16N2S/c1-11-6-12(2)8-14(7-11)15-9-16(19-10-18-15)17-13(3)4-5-20-17/h4-10H,1-3H3. The number of thiophene rings is 1. The fourth-order valence-corrected chi connectivity index (χ4v) is 3.29. The Labute approximate surface area is 123 Å². The maximum Gasteiger partial charge on any atom is 0.116 e. The second-order valence-corrected chi connectivity index (χ2v) is 6.01. The number of nitrogens with zero attached hydrogens (tertiary/aromatic N) is 2. The first kappa shape index (κ1) is 13.0. The van der Waals surface area contributed by atoms with E-state index < -0.39 is 0 Å². The van der Waals surface area contributed by atoms with E-state index in [1.807, 2.05) is 0 Å². The van der Waals surface area contributed by atoms with E-state index in [-0.39, 0.29) is 0 Å². The van der Waals surface area contributed by atoms with Gasteiger partial charge in [0.05, 0.1) is 16.3 Å². The van der Waals surface area contributed by atoms with Gasteiger partial charge < -0.3 is 0 Å². The van der Waals surface area contributed by atoms with Gasteiger partial charge >= 0.3 is 0 Å². The van der Waals surface area contributed by atoms with Crippen molar-refractivity contribution in [1.29, 1.82) is 0 Å². The molecule has 0 saturated heterocycles. The molecule has 3 aromatic rings. The van der Waals surface area contributed by atoms with Gasteiger partial charge in [0, 0.05) is 5.56 Å². The number of aromatic nitrogens is 2. The second kappa shape index (κ2) is 5.17. The Morgan fingerprint density at radius 2 is 1.55 bits per heavy atom. The zero-order chi connectivity index (χ0) is 14.1. The molecule has 0 aliphatic heterocycles. The van der Waals surface area contributed by atoms with E-state index in [1.165, 1.54) is 21.6 Å².